The van der Waals surface area contributed by atoms with Crippen molar-refractivity contribution in [2.24, 2.45) is 5.41 Å². The van der Waals surface area contributed by atoms with Crippen LogP contribution in [0.3, 0.4) is 0 Å². The Bertz CT molecular complexity index is 876. The lowest BCUT2D eigenvalue weighted by Crippen LogP contribution is -2.43. The summed E-state index contributed by atoms with van der Waals surface area (Å²) >= 11 is 0. The quantitative estimate of drug-likeness (QED) is 0.701. The van der Waals surface area contributed by atoms with Gasteiger partial charge in [-0.25, -0.2) is 4.39 Å². The Hall–Kier alpha value is -2.53. The highest BCUT2D eigenvalue weighted by Crippen LogP contribution is 2.45. The Kier molecular flexibility index (Phi) is 5.50. The van der Waals surface area contributed by atoms with Crippen LogP contribution in [0.25, 0.3) is 0 Å². The molecule has 0 radical (unpaired) electrons. The molecule has 1 spiro atoms. The molecular formula is C24H27FN2O2. The molecule has 1 heterocycles. The van der Waals surface area contributed by atoms with Crippen LogP contribution >= 0.6 is 0 Å². The Balaban J connectivity index is 1.60. The average molecular weight is 394 g/mol. The zero-order valence-corrected chi connectivity index (χ0v) is 16.8. The number of carbonyl (C=O) groups is 2. The molecule has 0 unspecified atom stereocenters. The summed E-state index contributed by atoms with van der Waals surface area (Å²) < 4.78 is 13.5. The summed E-state index contributed by atoms with van der Waals surface area (Å²) in [6.07, 6.45) is 5.15. The maximum absolute atomic E-state index is 13.5. The topological polar surface area (TPSA) is 40.6 Å². The Morgan fingerprint density at radius 2 is 1.59 bits per heavy atom. The number of amides is 2. The Labute approximate surface area is 171 Å². The van der Waals surface area contributed by atoms with Gasteiger partial charge in [-0.1, -0.05) is 61.7 Å². The van der Waals surface area contributed by atoms with Crippen molar-refractivity contribution < 1.29 is 14.0 Å². The van der Waals surface area contributed by atoms with E-state index < -0.39 is 5.41 Å². The standard InChI is InChI=1S/C24H27FN2O2/c1-26(17-27-21(28)16-24(23(27)29)14-6-3-7-15-24)22(18-8-4-2-5-9-18)19-10-12-20(25)13-11-19/h2,4-5,8-13,22H,3,6-7,14-17H2,1H3/t22-/m0/s1. The minimum atomic E-state index is -0.478. The van der Waals surface area contributed by atoms with E-state index in [9.17, 15) is 14.0 Å². The lowest BCUT2D eigenvalue weighted by Gasteiger charge is -2.34. The van der Waals surface area contributed by atoms with Crippen LogP contribution in [-0.4, -0.2) is 35.3 Å². The van der Waals surface area contributed by atoms with E-state index in [0.717, 1.165) is 43.2 Å². The molecule has 2 aromatic carbocycles. The second-order valence-electron chi connectivity index (χ2n) is 8.41. The minimum absolute atomic E-state index is 0.0139. The van der Waals surface area contributed by atoms with Gasteiger partial charge in [-0.05, 0) is 43.1 Å². The number of benzene rings is 2. The monoisotopic (exact) mass is 394 g/mol. The van der Waals surface area contributed by atoms with Crippen LogP contribution in [0.5, 0.6) is 0 Å². The fourth-order valence-corrected chi connectivity index (χ4v) is 4.91. The van der Waals surface area contributed by atoms with E-state index in [0.29, 0.717) is 6.42 Å². The second-order valence-corrected chi connectivity index (χ2v) is 8.41. The predicted octanol–water partition coefficient (Wildman–Crippen LogP) is 4.51. The van der Waals surface area contributed by atoms with Gasteiger partial charge in [-0.2, -0.15) is 0 Å². The van der Waals surface area contributed by atoms with Gasteiger partial charge in [0.05, 0.1) is 18.1 Å². The van der Waals surface area contributed by atoms with E-state index in [2.05, 4.69) is 0 Å². The van der Waals surface area contributed by atoms with Crippen molar-refractivity contribution in [1.82, 2.24) is 9.80 Å². The zero-order chi connectivity index (χ0) is 20.4. The summed E-state index contributed by atoms with van der Waals surface area (Å²) in [7, 11) is 1.91. The molecule has 0 N–H and O–H groups in total. The highest BCUT2D eigenvalue weighted by Gasteiger charge is 2.51. The third-order valence-electron chi connectivity index (χ3n) is 6.41. The van der Waals surface area contributed by atoms with Crippen molar-refractivity contribution in [1.29, 1.82) is 0 Å². The normalized spacial score (nSPS) is 19.9. The summed E-state index contributed by atoms with van der Waals surface area (Å²) in [5.74, 6) is -0.373. The fourth-order valence-electron chi connectivity index (χ4n) is 4.91. The third-order valence-corrected chi connectivity index (χ3v) is 6.41. The highest BCUT2D eigenvalue weighted by molar-refractivity contribution is 6.05. The molecule has 1 aliphatic heterocycles. The molecule has 152 valence electrons. The van der Waals surface area contributed by atoms with Gasteiger partial charge in [0.15, 0.2) is 0 Å². The summed E-state index contributed by atoms with van der Waals surface area (Å²) in [4.78, 5) is 29.4. The fraction of sp³-hybridized carbons (Fsp3) is 0.417. The summed E-state index contributed by atoms with van der Waals surface area (Å²) in [5.41, 5.74) is 1.48. The Morgan fingerprint density at radius 1 is 0.966 bits per heavy atom. The zero-order valence-electron chi connectivity index (χ0n) is 16.8. The van der Waals surface area contributed by atoms with Gasteiger partial charge in [0.2, 0.25) is 11.8 Å². The molecule has 5 heteroatoms. The molecule has 2 aromatic rings. The molecule has 4 nitrogen and oxygen atoms in total. The van der Waals surface area contributed by atoms with Crippen LogP contribution in [0.4, 0.5) is 4.39 Å². The first-order chi connectivity index (χ1) is 14.0. The smallest absolute Gasteiger partial charge is 0.237 e. The van der Waals surface area contributed by atoms with Crippen LogP contribution in [-0.2, 0) is 9.59 Å². The van der Waals surface area contributed by atoms with Gasteiger partial charge in [-0.3, -0.25) is 19.4 Å². The first kappa shape index (κ1) is 19.8. The van der Waals surface area contributed by atoms with Crippen LogP contribution in [0, 0.1) is 11.2 Å². The van der Waals surface area contributed by atoms with Crippen LogP contribution in [0.2, 0.25) is 0 Å². The largest absolute Gasteiger partial charge is 0.277 e. The number of nitrogens with zero attached hydrogens (tertiary/aromatic N) is 2. The van der Waals surface area contributed by atoms with Gasteiger partial charge in [0, 0.05) is 6.42 Å². The summed E-state index contributed by atoms with van der Waals surface area (Å²) in [6.45, 7) is 0.232. The number of hydrogen-bond acceptors (Lipinski definition) is 3. The Morgan fingerprint density at radius 3 is 2.24 bits per heavy atom. The molecule has 1 atom stereocenters. The van der Waals surface area contributed by atoms with Gasteiger partial charge in [-0.15, -0.1) is 0 Å². The first-order valence-corrected chi connectivity index (χ1v) is 10.4. The molecule has 1 aliphatic carbocycles. The number of rotatable bonds is 5. The lowest BCUT2D eigenvalue weighted by molar-refractivity contribution is -0.144. The molecular weight excluding hydrogens is 367 g/mol. The van der Waals surface area contributed by atoms with E-state index in [1.165, 1.54) is 17.0 Å². The molecule has 1 saturated heterocycles. The number of halogens is 1. The average Bonchev–Trinajstić information content (AvgIpc) is 2.95. The van der Waals surface area contributed by atoms with E-state index in [1.54, 1.807) is 12.1 Å². The molecule has 2 aliphatic rings. The van der Waals surface area contributed by atoms with Crippen LogP contribution in [0.1, 0.15) is 55.7 Å². The van der Waals surface area contributed by atoms with Crippen molar-refractivity contribution in [2.45, 2.75) is 44.6 Å². The predicted molar refractivity (Wildman–Crippen MR) is 109 cm³/mol. The van der Waals surface area contributed by atoms with Gasteiger partial charge in [0.1, 0.15) is 5.82 Å². The SMILES string of the molecule is CN(CN1C(=O)CC2(CCCCC2)C1=O)[C@@H](c1ccccc1)c1ccc(F)cc1. The second kappa shape index (κ2) is 8.07. The van der Waals surface area contributed by atoms with Crippen LogP contribution in [0.15, 0.2) is 54.6 Å². The van der Waals surface area contributed by atoms with Crippen molar-refractivity contribution in [3.05, 3.63) is 71.5 Å². The third kappa shape index (κ3) is 3.84. The first-order valence-electron chi connectivity index (χ1n) is 10.4. The molecule has 4 rings (SSSR count). The molecule has 0 aromatic heterocycles. The van der Waals surface area contributed by atoms with Crippen molar-refractivity contribution >= 4 is 11.8 Å². The summed E-state index contributed by atoms with van der Waals surface area (Å²) in [5, 5.41) is 0. The van der Waals surface area contributed by atoms with Crippen molar-refractivity contribution in [3.8, 4) is 0 Å². The van der Waals surface area contributed by atoms with E-state index >= 15 is 0 Å². The van der Waals surface area contributed by atoms with Gasteiger partial charge < -0.3 is 0 Å². The molecule has 0 bridgehead atoms. The molecule has 1 saturated carbocycles. The van der Waals surface area contributed by atoms with Crippen molar-refractivity contribution in [2.75, 3.05) is 13.7 Å². The van der Waals surface area contributed by atoms with Gasteiger partial charge in [0.25, 0.3) is 0 Å². The highest BCUT2D eigenvalue weighted by atomic mass is 19.1. The number of imide groups is 1. The minimum Gasteiger partial charge on any atom is -0.277 e. The van der Waals surface area contributed by atoms with E-state index in [1.807, 2.05) is 42.3 Å². The van der Waals surface area contributed by atoms with Crippen LogP contribution < -0.4 is 0 Å². The summed E-state index contributed by atoms with van der Waals surface area (Å²) in [6, 6.07) is 16.1. The molecule has 2 amide bonds. The number of carbonyl (C=O) groups excluding carboxylic acids is 2. The maximum Gasteiger partial charge on any atom is 0.237 e. The molecule has 2 fully saturated rings. The van der Waals surface area contributed by atoms with E-state index in [4.69, 9.17) is 0 Å². The number of hydrogen-bond donors (Lipinski definition) is 0. The lowest BCUT2D eigenvalue weighted by atomic mass is 9.73. The van der Waals surface area contributed by atoms with E-state index in [-0.39, 0.29) is 30.3 Å². The maximum atomic E-state index is 13.5. The number of likely N-dealkylation sites (tertiary alicyclic amines) is 1. The van der Waals surface area contributed by atoms with Gasteiger partial charge >= 0.3 is 0 Å². The molecule has 29 heavy (non-hydrogen) atoms. The van der Waals surface area contributed by atoms with Crippen molar-refractivity contribution in [3.63, 3.8) is 0 Å².